The van der Waals surface area contributed by atoms with E-state index in [2.05, 4.69) is 4.98 Å². The van der Waals surface area contributed by atoms with Crippen LogP contribution in [0.25, 0.3) is 0 Å². The maximum absolute atomic E-state index is 13.9. The average molecular weight is 396 g/mol. The lowest BCUT2D eigenvalue weighted by molar-refractivity contribution is -0.135. The quantitative estimate of drug-likeness (QED) is 0.711. The minimum absolute atomic E-state index is 0.0949. The van der Waals surface area contributed by atoms with Gasteiger partial charge < -0.3 is 14.4 Å². The van der Waals surface area contributed by atoms with E-state index < -0.39 is 11.8 Å². The number of rotatable bonds is 7. The predicted molar refractivity (Wildman–Crippen MR) is 101 cm³/mol. The molecule has 0 aromatic carbocycles. The molecule has 2 heterocycles. The molecule has 1 aromatic heterocycles. The first kappa shape index (κ1) is 20.7. The fourth-order valence-electron chi connectivity index (χ4n) is 4.40. The predicted octanol–water partition coefficient (Wildman–Crippen LogP) is 3.18. The lowest BCUT2D eigenvalue weighted by Crippen LogP contribution is -2.44. The topological polar surface area (TPSA) is 58.4 Å². The number of carbonyl (C=O) groups excluding carboxylic acids is 2. The number of carbonyl (C=O) groups is 2. The first-order chi connectivity index (χ1) is 13.4. The number of imidazole rings is 1. The number of hydrogen-bond acceptors (Lipinski definition) is 3. The molecule has 0 spiro atoms. The number of likely N-dealkylation sites (tertiary alicyclic amines) is 1. The third-order valence-corrected chi connectivity index (χ3v) is 6.01. The van der Waals surface area contributed by atoms with Crippen LogP contribution in [0, 0.1) is 5.92 Å². The zero-order valence-electron chi connectivity index (χ0n) is 16.7. The van der Waals surface area contributed by atoms with Crippen LogP contribution in [-0.4, -0.2) is 62.8 Å². The molecule has 1 aliphatic carbocycles. The molecule has 2 fully saturated rings. The standard InChI is InChI=1S/C20H30F2N4O2/c1-3-10-26(19(28)18-23-9-12-24(18)4-2)16-7-11-25(14-16)17(27)13-15-6-5-8-20(15,21)22/h9,12,15-16H,3-8,10-11,13-14H2,1-2H3. The van der Waals surface area contributed by atoms with Crippen molar-refractivity contribution in [2.24, 2.45) is 5.92 Å². The summed E-state index contributed by atoms with van der Waals surface area (Å²) in [5.74, 6) is -3.50. The van der Waals surface area contributed by atoms with Crippen molar-refractivity contribution < 1.29 is 18.4 Å². The first-order valence-corrected chi connectivity index (χ1v) is 10.3. The summed E-state index contributed by atoms with van der Waals surface area (Å²) in [6, 6.07) is -0.0949. The lowest BCUT2D eigenvalue weighted by atomic mass is 10.00. The fourth-order valence-corrected chi connectivity index (χ4v) is 4.40. The summed E-state index contributed by atoms with van der Waals surface area (Å²) in [4.78, 5) is 33.3. The Hall–Kier alpha value is -1.99. The van der Waals surface area contributed by atoms with Crippen LogP contribution in [0.1, 0.15) is 63.0 Å². The molecule has 2 unspecified atom stereocenters. The summed E-state index contributed by atoms with van der Waals surface area (Å²) in [7, 11) is 0. The van der Waals surface area contributed by atoms with Crippen LogP contribution in [0.15, 0.2) is 12.4 Å². The zero-order valence-corrected chi connectivity index (χ0v) is 16.7. The minimum atomic E-state index is -2.73. The molecular formula is C20H30F2N4O2. The molecule has 1 aromatic rings. The Morgan fingerprint density at radius 3 is 2.75 bits per heavy atom. The molecule has 28 heavy (non-hydrogen) atoms. The highest BCUT2D eigenvalue weighted by atomic mass is 19.3. The van der Waals surface area contributed by atoms with Crippen LogP contribution in [-0.2, 0) is 11.3 Å². The van der Waals surface area contributed by atoms with Gasteiger partial charge in [0.25, 0.3) is 11.8 Å². The van der Waals surface area contributed by atoms with Gasteiger partial charge in [0.1, 0.15) is 0 Å². The Morgan fingerprint density at radius 1 is 1.32 bits per heavy atom. The number of hydrogen-bond donors (Lipinski definition) is 0. The second-order valence-electron chi connectivity index (χ2n) is 7.87. The number of aryl methyl sites for hydroxylation is 1. The summed E-state index contributed by atoms with van der Waals surface area (Å²) in [5.41, 5.74) is 0. The van der Waals surface area contributed by atoms with Crippen molar-refractivity contribution in [3.63, 3.8) is 0 Å². The molecular weight excluding hydrogens is 366 g/mol. The van der Waals surface area contributed by atoms with Crippen molar-refractivity contribution >= 4 is 11.8 Å². The van der Waals surface area contributed by atoms with Crippen molar-refractivity contribution in [1.82, 2.24) is 19.4 Å². The van der Waals surface area contributed by atoms with Gasteiger partial charge in [0.15, 0.2) is 5.82 Å². The van der Waals surface area contributed by atoms with Crippen molar-refractivity contribution in [2.75, 3.05) is 19.6 Å². The fraction of sp³-hybridized carbons (Fsp3) is 0.750. The maximum Gasteiger partial charge on any atom is 0.290 e. The molecule has 0 radical (unpaired) electrons. The smallest absolute Gasteiger partial charge is 0.290 e. The number of aromatic nitrogens is 2. The first-order valence-electron chi connectivity index (χ1n) is 10.3. The maximum atomic E-state index is 13.9. The highest BCUT2D eigenvalue weighted by Crippen LogP contribution is 2.42. The van der Waals surface area contributed by atoms with Gasteiger partial charge in [-0.05, 0) is 32.6 Å². The SMILES string of the molecule is CCCN(C(=O)c1nccn1CC)C1CCN(C(=O)CC2CCCC2(F)F)C1. The summed E-state index contributed by atoms with van der Waals surface area (Å²) < 4.78 is 29.5. The van der Waals surface area contributed by atoms with E-state index in [1.54, 1.807) is 22.2 Å². The van der Waals surface area contributed by atoms with Gasteiger partial charge in [-0.15, -0.1) is 0 Å². The van der Waals surface area contributed by atoms with E-state index in [0.717, 1.165) is 6.42 Å². The van der Waals surface area contributed by atoms with E-state index in [9.17, 15) is 18.4 Å². The summed E-state index contributed by atoms with van der Waals surface area (Å²) in [5, 5.41) is 0. The van der Waals surface area contributed by atoms with E-state index in [1.165, 1.54) is 0 Å². The average Bonchev–Trinajstić information content (AvgIpc) is 3.39. The van der Waals surface area contributed by atoms with Gasteiger partial charge in [0.05, 0.1) is 6.04 Å². The van der Waals surface area contributed by atoms with E-state index in [0.29, 0.717) is 51.3 Å². The summed E-state index contributed by atoms with van der Waals surface area (Å²) in [6.07, 6.45) is 5.56. The molecule has 6 nitrogen and oxygen atoms in total. The summed E-state index contributed by atoms with van der Waals surface area (Å²) in [6.45, 7) is 6.13. The van der Waals surface area contributed by atoms with Gasteiger partial charge >= 0.3 is 0 Å². The number of alkyl halides is 2. The molecule has 1 saturated carbocycles. The number of amides is 2. The van der Waals surface area contributed by atoms with Gasteiger partial charge in [-0.2, -0.15) is 0 Å². The van der Waals surface area contributed by atoms with Crippen LogP contribution < -0.4 is 0 Å². The van der Waals surface area contributed by atoms with Crippen molar-refractivity contribution in [2.45, 2.75) is 70.9 Å². The summed E-state index contributed by atoms with van der Waals surface area (Å²) >= 11 is 0. The molecule has 156 valence electrons. The largest absolute Gasteiger partial charge is 0.341 e. The number of halogens is 2. The Kier molecular flexibility index (Phi) is 6.35. The Bertz CT molecular complexity index is 706. The van der Waals surface area contributed by atoms with Gasteiger partial charge in [-0.1, -0.05) is 6.92 Å². The van der Waals surface area contributed by atoms with E-state index in [-0.39, 0.29) is 30.7 Å². The van der Waals surface area contributed by atoms with Gasteiger partial charge in [0, 0.05) is 57.3 Å². The third-order valence-electron chi connectivity index (χ3n) is 6.01. The third kappa shape index (κ3) is 4.20. The second-order valence-corrected chi connectivity index (χ2v) is 7.87. The molecule has 0 N–H and O–H groups in total. The molecule has 2 atom stereocenters. The normalized spacial score (nSPS) is 23.9. The van der Waals surface area contributed by atoms with E-state index >= 15 is 0 Å². The minimum Gasteiger partial charge on any atom is -0.341 e. The molecule has 3 rings (SSSR count). The van der Waals surface area contributed by atoms with Gasteiger partial charge in [-0.3, -0.25) is 9.59 Å². The number of nitrogens with zero attached hydrogens (tertiary/aromatic N) is 4. The molecule has 1 aliphatic heterocycles. The van der Waals surface area contributed by atoms with Crippen LogP contribution in [0.5, 0.6) is 0 Å². The Labute approximate surface area is 164 Å². The lowest BCUT2D eigenvalue weighted by Gasteiger charge is -2.29. The molecule has 8 heteroatoms. The van der Waals surface area contributed by atoms with Crippen LogP contribution in [0.4, 0.5) is 8.78 Å². The van der Waals surface area contributed by atoms with Gasteiger partial charge in [-0.25, -0.2) is 13.8 Å². The van der Waals surface area contributed by atoms with Crippen molar-refractivity contribution in [3.05, 3.63) is 18.2 Å². The Balaban J connectivity index is 1.64. The highest BCUT2D eigenvalue weighted by Gasteiger charge is 2.45. The Morgan fingerprint density at radius 2 is 2.11 bits per heavy atom. The molecule has 0 bridgehead atoms. The second kappa shape index (κ2) is 8.57. The van der Waals surface area contributed by atoms with Crippen molar-refractivity contribution in [1.29, 1.82) is 0 Å². The van der Waals surface area contributed by atoms with Gasteiger partial charge in [0.2, 0.25) is 5.91 Å². The van der Waals surface area contributed by atoms with Crippen LogP contribution >= 0.6 is 0 Å². The zero-order chi connectivity index (χ0) is 20.3. The van der Waals surface area contributed by atoms with Crippen molar-refractivity contribution in [3.8, 4) is 0 Å². The molecule has 1 saturated heterocycles. The van der Waals surface area contributed by atoms with E-state index in [1.807, 2.05) is 18.4 Å². The molecule has 2 amide bonds. The van der Waals surface area contributed by atoms with E-state index in [4.69, 9.17) is 0 Å². The van der Waals surface area contributed by atoms with Crippen LogP contribution in [0.3, 0.4) is 0 Å². The highest BCUT2D eigenvalue weighted by molar-refractivity contribution is 5.91. The van der Waals surface area contributed by atoms with Crippen LogP contribution in [0.2, 0.25) is 0 Å². The monoisotopic (exact) mass is 396 g/mol. The molecule has 2 aliphatic rings.